The van der Waals surface area contributed by atoms with E-state index in [9.17, 15) is 9.59 Å². The number of carbonyl (C=O) groups is 2. The highest BCUT2D eigenvalue weighted by Crippen LogP contribution is 2.38. The quantitative estimate of drug-likeness (QED) is 0.332. The zero-order chi connectivity index (χ0) is 26.9. The molecule has 4 rings (SSSR count). The number of hydrogen-bond donors (Lipinski definition) is 0. The van der Waals surface area contributed by atoms with Gasteiger partial charge in [-0.2, -0.15) is 0 Å². The monoisotopic (exact) mass is 536 g/mol. The van der Waals surface area contributed by atoms with Crippen LogP contribution in [-0.2, 0) is 46.5 Å². The van der Waals surface area contributed by atoms with E-state index in [1.807, 2.05) is 91.9 Å². The lowest BCUT2D eigenvalue weighted by Crippen LogP contribution is -2.61. The summed E-state index contributed by atoms with van der Waals surface area (Å²) >= 11 is 1.42. The van der Waals surface area contributed by atoms with Gasteiger partial charge in [0.05, 0.1) is 20.3 Å². The molecule has 0 bridgehead atoms. The van der Waals surface area contributed by atoms with Crippen LogP contribution in [0.5, 0.6) is 0 Å². The molecule has 8 heteroatoms. The van der Waals surface area contributed by atoms with Crippen molar-refractivity contribution >= 4 is 23.7 Å². The molecule has 200 valence electrons. The first-order valence-electron chi connectivity index (χ1n) is 12.4. The minimum atomic E-state index is -1.19. The summed E-state index contributed by atoms with van der Waals surface area (Å²) in [5, 5.41) is 0. The van der Waals surface area contributed by atoms with Gasteiger partial charge in [-0.25, -0.2) is 4.79 Å². The van der Waals surface area contributed by atoms with Crippen molar-refractivity contribution in [3.63, 3.8) is 0 Å². The fourth-order valence-corrected chi connectivity index (χ4v) is 5.29. The van der Waals surface area contributed by atoms with Crippen LogP contribution in [0.15, 0.2) is 89.8 Å². The first-order valence-corrected chi connectivity index (χ1v) is 13.3. The maximum atomic E-state index is 12.9. The molecule has 3 aromatic rings. The summed E-state index contributed by atoms with van der Waals surface area (Å²) in [7, 11) is 1.27. The minimum Gasteiger partial charge on any atom is -0.467 e. The number of thioether (sulfide) groups is 1. The number of esters is 2. The summed E-state index contributed by atoms with van der Waals surface area (Å²) in [5.41, 5.74) is 2.37. The minimum absolute atomic E-state index is 0.226. The zero-order valence-corrected chi connectivity index (χ0v) is 22.5. The van der Waals surface area contributed by atoms with Gasteiger partial charge in [0.2, 0.25) is 0 Å². The van der Waals surface area contributed by atoms with Crippen LogP contribution in [0.2, 0.25) is 0 Å². The maximum Gasteiger partial charge on any atom is 0.339 e. The summed E-state index contributed by atoms with van der Waals surface area (Å²) in [5.74, 6) is -1.21. The molecule has 1 saturated heterocycles. The van der Waals surface area contributed by atoms with Crippen LogP contribution in [0.4, 0.5) is 0 Å². The molecule has 0 aromatic heterocycles. The van der Waals surface area contributed by atoms with Gasteiger partial charge in [-0.05, 0) is 30.2 Å². The van der Waals surface area contributed by atoms with Crippen LogP contribution in [0, 0.1) is 6.92 Å². The standard InChI is InChI=1S/C30H32O7S/c1-20-14-16-24(17-15-20)38-30-28(35-19-23-12-8-5-9-13-23)25(34-18-22-10-6-4-7-11-22)26(36-21(2)31)27(37-30)29(32)33-3/h4-17,25-28,30H,18-19H2,1-3H3/t25-,26+,27-,28+,30-/m0/s1. The van der Waals surface area contributed by atoms with E-state index >= 15 is 0 Å². The van der Waals surface area contributed by atoms with Crippen molar-refractivity contribution in [1.29, 1.82) is 0 Å². The average Bonchev–Trinajstić information content (AvgIpc) is 2.93. The smallest absolute Gasteiger partial charge is 0.339 e. The average molecular weight is 537 g/mol. The van der Waals surface area contributed by atoms with Crippen LogP contribution in [0.1, 0.15) is 23.6 Å². The lowest BCUT2D eigenvalue weighted by atomic mass is 9.98. The summed E-state index contributed by atoms with van der Waals surface area (Å²) < 4.78 is 29.8. The number of methoxy groups -OCH3 is 1. The molecule has 1 aliphatic rings. The second-order valence-corrected chi connectivity index (χ2v) is 10.1. The highest BCUT2D eigenvalue weighted by atomic mass is 32.2. The Bertz CT molecular complexity index is 1170. The summed E-state index contributed by atoms with van der Waals surface area (Å²) in [6.07, 6.45) is -3.76. The van der Waals surface area contributed by atoms with Crippen LogP contribution in [0.25, 0.3) is 0 Å². The number of carbonyl (C=O) groups excluding carboxylic acids is 2. The number of aryl methyl sites for hydroxylation is 1. The predicted octanol–water partition coefficient (Wildman–Crippen LogP) is 5.09. The fraction of sp³-hybridized carbons (Fsp3) is 0.333. The first kappa shape index (κ1) is 27.9. The van der Waals surface area contributed by atoms with Crippen molar-refractivity contribution in [1.82, 2.24) is 0 Å². The largest absolute Gasteiger partial charge is 0.467 e. The van der Waals surface area contributed by atoms with Crippen molar-refractivity contribution in [3.8, 4) is 0 Å². The zero-order valence-electron chi connectivity index (χ0n) is 21.6. The van der Waals surface area contributed by atoms with Crippen LogP contribution in [-0.4, -0.2) is 48.9 Å². The van der Waals surface area contributed by atoms with Gasteiger partial charge in [0.25, 0.3) is 0 Å². The Labute approximate surface area is 227 Å². The van der Waals surface area contributed by atoms with Crippen molar-refractivity contribution in [2.24, 2.45) is 0 Å². The second-order valence-electron chi connectivity index (χ2n) is 8.98. The van der Waals surface area contributed by atoms with Gasteiger partial charge >= 0.3 is 11.9 Å². The summed E-state index contributed by atoms with van der Waals surface area (Å²) in [6, 6.07) is 27.4. The Morgan fingerprint density at radius 3 is 1.87 bits per heavy atom. The number of ether oxygens (including phenoxy) is 5. The molecule has 38 heavy (non-hydrogen) atoms. The third-order valence-electron chi connectivity index (χ3n) is 6.07. The van der Waals surface area contributed by atoms with E-state index < -0.39 is 41.8 Å². The third kappa shape index (κ3) is 7.45. The molecular formula is C30H32O7S. The molecule has 3 aromatic carbocycles. The predicted molar refractivity (Wildman–Crippen MR) is 143 cm³/mol. The van der Waals surface area contributed by atoms with Crippen molar-refractivity contribution < 1.29 is 33.3 Å². The van der Waals surface area contributed by atoms with E-state index in [4.69, 9.17) is 23.7 Å². The van der Waals surface area contributed by atoms with E-state index in [0.717, 1.165) is 21.6 Å². The lowest BCUT2D eigenvalue weighted by molar-refractivity contribution is -0.243. The molecule has 1 fully saturated rings. The van der Waals surface area contributed by atoms with E-state index in [1.165, 1.54) is 25.8 Å². The second kappa shape index (κ2) is 13.6. The summed E-state index contributed by atoms with van der Waals surface area (Å²) in [4.78, 5) is 25.9. The molecule has 0 N–H and O–H groups in total. The van der Waals surface area contributed by atoms with Gasteiger partial charge < -0.3 is 23.7 Å². The Morgan fingerprint density at radius 1 is 0.789 bits per heavy atom. The molecule has 5 atom stereocenters. The van der Waals surface area contributed by atoms with Crippen LogP contribution >= 0.6 is 11.8 Å². The van der Waals surface area contributed by atoms with E-state index in [0.29, 0.717) is 0 Å². The number of hydrogen-bond acceptors (Lipinski definition) is 8. The van der Waals surface area contributed by atoms with Crippen molar-refractivity contribution in [2.45, 2.75) is 61.8 Å². The summed E-state index contributed by atoms with van der Waals surface area (Å²) in [6.45, 7) is 3.81. The molecule has 7 nitrogen and oxygen atoms in total. The van der Waals surface area contributed by atoms with E-state index in [-0.39, 0.29) is 13.2 Å². The molecule has 0 aliphatic carbocycles. The molecule has 0 unspecified atom stereocenters. The maximum absolute atomic E-state index is 12.9. The van der Waals surface area contributed by atoms with Crippen LogP contribution in [0.3, 0.4) is 0 Å². The Kier molecular flexibility index (Phi) is 9.95. The molecule has 1 aliphatic heterocycles. The van der Waals surface area contributed by atoms with Gasteiger partial charge in [-0.1, -0.05) is 90.1 Å². The molecular weight excluding hydrogens is 504 g/mol. The highest BCUT2D eigenvalue weighted by Gasteiger charge is 2.52. The highest BCUT2D eigenvalue weighted by molar-refractivity contribution is 7.99. The lowest BCUT2D eigenvalue weighted by Gasteiger charge is -2.44. The Hall–Kier alpha value is -3.17. The topological polar surface area (TPSA) is 80.3 Å². The van der Waals surface area contributed by atoms with Crippen LogP contribution < -0.4 is 0 Å². The Morgan fingerprint density at radius 2 is 1.34 bits per heavy atom. The number of benzene rings is 3. The van der Waals surface area contributed by atoms with E-state index in [2.05, 4.69) is 0 Å². The molecule has 0 radical (unpaired) electrons. The fourth-order valence-electron chi connectivity index (χ4n) is 4.18. The molecule has 0 spiro atoms. The molecule has 0 amide bonds. The van der Waals surface area contributed by atoms with Crippen molar-refractivity contribution in [2.75, 3.05) is 7.11 Å². The van der Waals surface area contributed by atoms with E-state index in [1.54, 1.807) is 0 Å². The first-order chi connectivity index (χ1) is 18.4. The molecule has 0 saturated carbocycles. The Balaban J connectivity index is 1.69. The van der Waals surface area contributed by atoms with Gasteiger partial charge in [0, 0.05) is 11.8 Å². The SMILES string of the molecule is COC(=O)[C@H]1O[C@@H](Sc2ccc(C)cc2)[C@H](OCc2ccccc2)[C@@H](OCc2ccccc2)[C@H]1OC(C)=O. The van der Waals surface area contributed by atoms with Crippen molar-refractivity contribution in [3.05, 3.63) is 102 Å². The third-order valence-corrected chi connectivity index (χ3v) is 7.23. The van der Waals surface area contributed by atoms with Gasteiger partial charge in [0.15, 0.2) is 12.2 Å². The van der Waals surface area contributed by atoms with Gasteiger partial charge in [-0.15, -0.1) is 0 Å². The number of rotatable bonds is 10. The normalized spacial score (nSPS) is 23.0. The van der Waals surface area contributed by atoms with Gasteiger partial charge in [0.1, 0.15) is 17.6 Å². The van der Waals surface area contributed by atoms with Gasteiger partial charge in [-0.3, -0.25) is 4.79 Å². The molecule has 1 heterocycles.